The van der Waals surface area contributed by atoms with Gasteiger partial charge in [0.2, 0.25) is 0 Å². The minimum Gasteiger partial charge on any atom is -0.488 e. The first-order valence-electron chi connectivity index (χ1n) is 6.44. The summed E-state index contributed by atoms with van der Waals surface area (Å²) >= 11 is 0. The Morgan fingerprint density at radius 1 is 0.947 bits per heavy atom. The lowest BCUT2D eigenvalue weighted by molar-refractivity contribution is 0.304. The van der Waals surface area contributed by atoms with Gasteiger partial charge in [-0.3, -0.25) is 4.98 Å². The molecule has 2 heteroatoms. The van der Waals surface area contributed by atoms with Crippen molar-refractivity contribution < 1.29 is 4.74 Å². The number of rotatable bonds is 0. The van der Waals surface area contributed by atoms with Crippen LogP contribution in [-0.4, -0.2) is 4.98 Å². The van der Waals surface area contributed by atoms with Crippen LogP contribution in [0.4, 0.5) is 0 Å². The molecule has 0 aliphatic carbocycles. The van der Waals surface area contributed by atoms with E-state index in [0.29, 0.717) is 6.61 Å². The Hall–Kier alpha value is -2.35. The quantitative estimate of drug-likeness (QED) is 0.596. The Labute approximate surface area is 111 Å². The molecular formula is C17H13NO. The van der Waals surface area contributed by atoms with Gasteiger partial charge in [0.05, 0.1) is 5.52 Å². The van der Waals surface area contributed by atoms with Gasteiger partial charge in [-0.1, -0.05) is 30.3 Å². The van der Waals surface area contributed by atoms with Crippen LogP contribution in [0.1, 0.15) is 11.3 Å². The fourth-order valence-corrected chi connectivity index (χ4v) is 2.74. The smallest absolute Gasteiger partial charge is 0.127 e. The number of hydrogen-bond acceptors (Lipinski definition) is 2. The Morgan fingerprint density at radius 2 is 1.84 bits per heavy atom. The van der Waals surface area contributed by atoms with Gasteiger partial charge in [0.25, 0.3) is 0 Å². The number of aromatic nitrogens is 1. The van der Waals surface area contributed by atoms with Crippen molar-refractivity contribution in [2.24, 2.45) is 0 Å². The molecule has 2 aromatic carbocycles. The van der Waals surface area contributed by atoms with Crippen molar-refractivity contribution in [1.82, 2.24) is 4.98 Å². The fourth-order valence-electron chi connectivity index (χ4n) is 2.74. The number of pyridine rings is 1. The van der Waals surface area contributed by atoms with Crippen LogP contribution in [0.3, 0.4) is 0 Å². The van der Waals surface area contributed by atoms with Crippen molar-refractivity contribution in [2.75, 3.05) is 0 Å². The number of benzene rings is 2. The van der Waals surface area contributed by atoms with E-state index in [1.807, 2.05) is 19.1 Å². The third kappa shape index (κ3) is 1.53. The summed E-state index contributed by atoms with van der Waals surface area (Å²) in [5, 5.41) is 1.19. The molecule has 2 nitrogen and oxygen atoms in total. The Kier molecular flexibility index (Phi) is 2.12. The van der Waals surface area contributed by atoms with Gasteiger partial charge in [0, 0.05) is 22.2 Å². The maximum atomic E-state index is 5.86. The molecule has 0 atom stereocenters. The minimum atomic E-state index is 0.619. The summed E-state index contributed by atoms with van der Waals surface area (Å²) in [6.07, 6.45) is 0. The van der Waals surface area contributed by atoms with Gasteiger partial charge >= 0.3 is 0 Å². The summed E-state index contributed by atoms with van der Waals surface area (Å²) in [6, 6.07) is 16.7. The van der Waals surface area contributed by atoms with Crippen molar-refractivity contribution >= 4 is 10.9 Å². The van der Waals surface area contributed by atoms with Crippen LogP contribution in [0.2, 0.25) is 0 Å². The molecule has 1 aromatic heterocycles. The van der Waals surface area contributed by atoms with E-state index in [9.17, 15) is 0 Å². The summed E-state index contributed by atoms with van der Waals surface area (Å²) in [7, 11) is 0. The molecule has 0 N–H and O–H groups in total. The molecule has 0 bridgehead atoms. The second kappa shape index (κ2) is 3.82. The third-order valence-corrected chi connectivity index (χ3v) is 3.67. The van der Waals surface area contributed by atoms with Gasteiger partial charge < -0.3 is 4.74 Å². The first-order valence-corrected chi connectivity index (χ1v) is 6.44. The van der Waals surface area contributed by atoms with Crippen LogP contribution in [0.5, 0.6) is 5.75 Å². The maximum Gasteiger partial charge on any atom is 0.127 e. The van der Waals surface area contributed by atoms with Crippen molar-refractivity contribution in [3.05, 3.63) is 59.8 Å². The van der Waals surface area contributed by atoms with Crippen LogP contribution in [0, 0.1) is 6.92 Å². The topological polar surface area (TPSA) is 22.1 Å². The van der Waals surface area contributed by atoms with Gasteiger partial charge in [0.15, 0.2) is 0 Å². The molecule has 19 heavy (non-hydrogen) atoms. The monoisotopic (exact) mass is 247 g/mol. The fraction of sp³-hybridized carbons (Fsp3) is 0.118. The Morgan fingerprint density at radius 3 is 2.79 bits per heavy atom. The largest absolute Gasteiger partial charge is 0.488 e. The van der Waals surface area contributed by atoms with E-state index >= 15 is 0 Å². The van der Waals surface area contributed by atoms with E-state index in [1.54, 1.807) is 0 Å². The molecular weight excluding hydrogens is 234 g/mol. The van der Waals surface area contributed by atoms with Crippen LogP contribution in [-0.2, 0) is 6.61 Å². The molecule has 0 radical (unpaired) electrons. The SMILES string of the molecule is Cc1ccc2c3c(ccc2n1)-c1ccccc1OC3. The Bertz CT molecular complexity index is 792. The summed E-state index contributed by atoms with van der Waals surface area (Å²) in [5.41, 5.74) is 5.77. The lowest BCUT2D eigenvalue weighted by atomic mass is 9.94. The summed E-state index contributed by atoms with van der Waals surface area (Å²) in [6.45, 7) is 2.64. The van der Waals surface area contributed by atoms with Crippen LogP contribution >= 0.6 is 0 Å². The predicted molar refractivity (Wildman–Crippen MR) is 76.2 cm³/mol. The van der Waals surface area contributed by atoms with Crippen LogP contribution in [0.25, 0.3) is 22.0 Å². The van der Waals surface area contributed by atoms with E-state index in [-0.39, 0.29) is 0 Å². The summed E-state index contributed by atoms with van der Waals surface area (Å²) in [4.78, 5) is 4.58. The highest BCUT2D eigenvalue weighted by Crippen LogP contribution is 2.39. The first-order chi connectivity index (χ1) is 9.33. The molecule has 0 spiro atoms. The van der Waals surface area contributed by atoms with E-state index in [4.69, 9.17) is 4.74 Å². The third-order valence-electron chi connectivity index (χ3n) is 3.67. The van der Waals surface area contributed by atoms with E-state index in [0.717, 1.165) is 17.0 Å². The number of fused-ring (bicyclic) bond motifs is 5. The minimum absolute atomic E-state index is 0.619. The molecule has 1 aliphatic rings. The molecule has 1 aliphatic heterocycles. The van der Waals surface area contributed by atoms with Crippen LogP contribution in [0.15, 0.2) is 48.5 Å². The zero-order valence-electron chi connectivity index (χ0n) is 10.7. The van der Waals surface area contributed by atoms with Crippen LogP contribution < -0.4 is 4.74 Å². The zero-order chi connectivity index (χ0) is 12.8. The van der Waals surface area contributed by atoms with Gasteiger partial charge in [-0.15, -0.1) is 0 Å². The second-order valence-electron chi connectivity index (χ2n) is 4.90. The van der Waals surface area contributed by atoms with Crippen molar-refractivity contribution in [2.45, 2.75) is 13.5 Å². The summed E-state index contributed by atoms with van der Waals surface area (Å²) < 4.78 is 5.86. The van der Waals surface area contributed by atoms with Gasteiger partial charge in [-0.2, -0.15) is 0 Å². The summed E-state index contributed by atoms with van der Waals surface area (Å²) in [5.74, 6) is 0.967. The number of ether oxygens (including phenoxy) is 1. The lowest BCUT2D eigenvalue weighted by Gasteiger charge is -2.22. The number of nitrogens with zero attached hydrogens (tertiary/aromatic N) is 1. The van der Waals surface area contributed by atoms with E-state index in [1.165, 1.54) is 22.1 Å². The second-order valence-corrected chi connectivity index (χ2v) is 4.90. The van der Waals surface area contributed by atoms with E-state index < -0.39 is 0 Å². The van der Waals surface area contributed by atoms with Crippen molar-refractivity contribution in [3.8, 4) is 16.9 Å². The van der Waals surface area contributed by atoms with Crippen molar-refractivity contribution in [3.63, 3.8) is 0 Å². The highest BCUT2D eigenvalue weighted by molar-refractivity contribution is 5.91. The normalized spacial score (nSPS) is 12.7. The van der Waals surface area contributed by atoms with Gasteiger partial charge in [-0.05, 0) is 30.7 Å². The molecule has 0 amide bonds. The standard InChI is InChI=1S/C17H13NO/c1-11-6-7-13-15-10-19-17-5-3-2-4-14(17)12(15)8-9-16(13)18-11/h2-9H,10H2,1H3. The average Bonchev–Trinajstić information content (AvgIpc) is 2.46. The van der Waals surface area contributed by atoms with Gasteiger partial charge in [0.1, 0.15) is 12.4 Å². The average molecular weight is 247 g/mol. The molecule has 0 saturated carbocycles. The molecule has 92 valence electrons. The molecule has 3 aromatic rings. The number of para-hydroxylation sites is 1. The zero-order valence-corrected chi connectivity index (χ0v) is 10.7. The van der Waals surface area contributed by atoms with E-state index in [2.05, 4.69) is 41.4 Å². The molecule has 0 unspecified atom stereocenters. The molecule has 4 rings (SSSR count). The lowest BCUT2D eigenvalue weighted by Crippen LogP contribution is -2.06. The highest BCUT2D eigenvalue weighted by Gasteiger charge is 2.18. The molecule has 2 heterocycles. The molecule has 0 saturated heterocycles. The van der Waals surface area contributed by atoms with Crippen molar-refractivity contribution in [1.29, 1.82) is 0 Å². The predicted octanol–water partition coefficient (Wildman–Crippen LogP) is 4.10. The number of hydrogen-bond donors (Lipinski definition) is 0. The van der Waals surface area contributed by atoms with Gasteiger partial charge in [-0.25, -0.2) is 0 Å². The molecule has 0 fully saturated rings. The number of aryl methyl sites for hydroxylation is 1. The maximum absolute atomic E-state index is 5.86. The first kappa shape index (κ1) is 10.6. The highest BCUT2D eigenvalue weighted by atomic mass is 16.5. The Balaban J connectivity index is 2.06.